The second kappa shape index (κ2) is 5.85. The van der Waals surface area contributed by atoms with Gasteiger partial charge in [-0.3, -0.25) is 0 Å². The topological polar surface area (TPSA) is 94.5 Å². The average Bonchev–Trinajstić information content (AvgIpc) is 2.43. The third-order valence-electron chi connectivity index (χ3n) is 4.49. The highest BCUT2D eigenvalue weighted by Crippen LogP contribution is 2.41. The molecule has 2 N–H and O–H groups in total. The van der Waals surface area contributed by atoms with Crippen LogP contribution in [0.25, 0.3) is 0 Å². The minimum Gasteiger partial charge on any atom is -0.403 e. The van der Waals surface area contributed by atoms with Gasteiger partial charge in [0.25, 0.3) is 0 Å². The van der Waals surface area contributed by atoms with Crippen molar-refractivity contribution in [3.8, 4) is 0 Å². The van der Waals surface area contributed by atoms with Gasteiger partial charge in [-0.05, 0) is 12.8 Å². The average molecular weight is 290 g/mol. The quantitative estimate of drug-likeness (QED) is 0.693. The van der Waals surface area contributed by atoms with Crippen LogP contribution in [0.2, 0.25) is 0 Å². The molecule has 0 radical (unpaired) electrons. The SMILES string of the molecule is CCC1(CO)COC1OC(=O)OC1OCC1(CC)CO. The molecule has 7 nitrogen and oxygen atoms in total. The van der Waals surface area contributed by atoms with E-state index in [1.807, 2.05) is 13.8 Å². The molecule has 2 heterocycles. The molecule has 116 valence electrons. The predicted molar refractivity (Wildman–Crippen MR) is 66.7 cm³/mol. The number of aliphatic hydroxyl groups is 2. The summed E-state index contributed by atoms with van der Waals surface area (Å²) in [6.45, 7) is 4.27. The Morgan fingerprint density at radius 3 is 1.65 bits per heavy atom. The summed E-state index contributed by atoms with van der Waals surface area (Å²) in [5.74, 6) is 0. The molecule has 0 aromatic carbocycles. The molecule has 20 heavy (non-hydrogen) atoms. The van der Waals surface area contributed by atoms with Crippen LogP contribution in [0.5, 0.6) is 0 Å². The van der Waals surface area contributed by atoms with Crippen LogP contribution in [0.1, 0.15) is 26.7 Å². The van der Waals surface area contributed by atoms with E-state index in [1.54, 1.807) is 0 Å². The zero-order chi connectivity index (χ0) is 14.8. The second-order valence-corrected chi connectivity index (χ2v) is 5.52. The van der Waals surface area contributed by atoms with Crippen LogP contribution in [0.4, 0.5) is 4.79 Å². The van der Waals surface area contributed by atoms with E-state index in [4.69, 9.17) is 18.9 Å². The van der Waals surface area contributed by atoms with Crippen molar-refractivity contribution in [3.05, 3.63) is 0 Å². The fourth-order valence-electron chi connectivity index (χ4n) is 2.30. The third-order valence-corrected chi connectivity index (χ3v) is 4.49. The van der Waals surface area contributed by atoms with Gasteiger partial charge in [-0.1, -0.05) is 13.8 Å². The van der Waals surface area contributed by atoms with Crippen molar-refractivity contribution in [1.82, 2.24) is 0 Å². The first-order valence-electron chi connectivity index (χ1n) is 6.88. The van der Waals surface area contributed by atoms with Gasteiger partial charge in [0.1, 0.15) is 0 Å². The molecular weight excluding hydrogens is 268 g/mol. The fourth-order valence-corrected chi connectivity index (χ4v) is 2.30. The van der Waals surface area contributed by atoms with Gasteiger partial charge in [-0.2, -0.15) is 0 Å². The molecule has 0 amide bonds. The van der Waals surface area contributed by atoms with E-state index in [2.05, 4.69) is 0 Å². The molecule has 2 fully saturated rings. The summed E-state index contributed by atoms with van der Waals surface area (Å²) in [6, 6.07) is 0. The summed E-state index contributed by atoms with van der Waals surface area (Å²) in [7, 11) is 0. The molecule has 0 spiro atoms. The highest BCUT2D eigenvalue weighted by atomic mass is 16.8. The molecule has 0 aromatic heterocycles. The van der Waals surface area contributed by atoms with E-state index in [1.165, 1.54) is 0 Å². The summed E-state index contributed by atoms with van der Waals surface area (Å²) in [6.07, 6.45) is -1.23. The lowest BCUT2D eigenvalue weighted by molar-refractivity contribution is -0.329. The summed E-state index contributed by atoms with van der Waals surface area (Å²) in [5.41, 5.74) is -1.09. The highest BCUT2D eigenvalue weighted by Gasteiger charge is 2.52. The van der Waals surface area contributed by atoms with Crippen molar-refractivity contribution in [1.29, 1.82) is 0 Å². The third kappa shape index (κ3) is 2.39. The maximum Gasteiger partial charge on any atom is 0.512 e. The smallest absolute Gasteiger partial charge is 0.403 e. The maximum atomic E-state index is 11.7. The van der Waals surface area contributed by atoms with E-state index in [0.717, 1.165) is 0 Å². The molecule has 0 saturated carbocycles. The van der Waals surface area contributed by atoms with Gasteiger partial charge >= 0.3 is 6.16 Å². The molecule has 2 aliphatic rings. The Bertz CT molecular complexity index is 306. The largest absolute Gasteiger partial charge is 0.512 e. The molecule has 0 bridgehead atoms. The normalized spacial score (nSPS) is 39.6. The summed E-state index contributed by atoms with van der Waals surface area (Å²) in [5, 5.41) is 18.7. The Hall–Kier alpha value is -0.890. The standard InChI is InChI=1S/C13H22O7/c1-3-12(5-14)7-17-9(12)19-11(16)20-10-13(4-2,6-15)8-18-10/h9-10,14-15H,3-8H2,1-2H3. The van der Waals surface area contributed by atoms with Gasteiger partial charge in [0.05, 0.1) is 37.3 Å². The maximum absolute atomic E-state index is 11.7. The first kappa shape index (κ1) is 15.5. The minimum absolute atomic E-state index is 0.114. The molecule has 4 unspecified atom stereocenters. The van der Waals surface area contributed by atoms with E-state index in [0.29, 0.717) is 26.1 Å². The lowest BCUT2D eigenvalue weighted by Gasteiger charge is -2.47. The molecule has 4 atom stereocenters. The minimum atomic E-state index is -0.906. The van der Waals surface area contributed by atoms with E-state index in [9.17, 15) is 15.0 Å². The molecule has 0 aromatic rings. The zero-order valence-corrected chi connectivity index (χ0v) is 11.8. The molecule has 2 aliphatic heterocycles. The predicted octanol–water partition coefficient (Wildman–Crippen LogP) is 0.630. The Morgan fingerprint density at radius 2 is 1.45 bits per heavy atom. The molecule has 2 rings (SSSR count). The van der Waals surface area contributed by atoms with Crippen molar-refractivity contribution in [2.45, 2.75) is 39.3 Å². The second-order valence-electron chi connectivity index (χ2n) is 5.52. The fraction of sp³-hybridized carbons (Fsp3) is 0.923. The zero-order valence-electron chi connectivity index (χ0n) is 11.8. The van der Waals surface area contributed by atoms with Crippen molar-refractivity contribution >= 4 is 6.16 Å². The molecular formula is C13H22O7. The van der Waals surface area contributed by atoms with E-state index < -0.39 is 29.6 Å². The van der Waals surface area contributed by atoms with Crippen LogP contribution in [0, 0.1) is 10.8 Å². The summed E-state index contributed by atoms with van der Waals surface area (Å²) >= 11 is 0. The van der Waals surface area contributed by atoms with Crippen molar-refractivity contribution in [3.63, 3.8) is 0 Å². The van der Waals surface area contributed by atoms with Gasteiger partial charge in [-0.15, -0.1) is 0 Å². The number of aliphatic hydroxyl groups excluding tert-OH is 2. The first-order chi connectivity index (χ1) is 9.55. The first-order valence-corrected chi connectivity index (χ1v) is 6.88. The number of carbonyl (C=O) groups excluding carboxylic acids is 1. The lowest BCUT2D eigenvalue weighted by atomic mass is 9.82. The highest BCUT2D eigenvalue weighted by molar-refractivity contribution is 5.60. The van der Waals surface area contributed by atoms with E-state index >= 15 is 0 Å². The van der Waals surface area contributed by atoms with Crippen LogP contribution in [0.15, 0.2) is 0 Å². The van der Waals surface area contributed by atoms with Gasteiger partial charge in [0.15, 0.2) is 0 Å². The Kier molecular flexibility index (Phi) is 4.53. The van der Waals surface area contributed by atoms with Crippen LogP contribution in [0.3, 0.4) is 0 Å². The van der Waals surface area contributed by atoms with Crippen LogP contribution in [-0.2, 0) is 18.9 Å². The van der Waals surface area contributed by atoms with Crippen LogP contribution >= 0.6 is 0 Å². The van der Waals surface area contributed by atoms with Gasteiger partial charge in [-0.25, -0.2) is 4.79 Å². The Labute approximate surface area is 117 Å². The molecule has 0 aliphatic carbocycles. The van der Waals surface area contributed by atoms with Crippen molar-refractivity contribution < 1.29 is 34.0 Å². The Morgan fingerprint density at radius 1 is 1.05 bits per heavy atom. The number of ether oxygens (including phenoxy) is 4. The number of carbonyl (C=O) groups is 1. The summed E-state index contributed by atoms with van der Waals surface area (Å²) in [4.78, 5) is 11.7. The van der Waals surface area contributed by atoms with Crippen LogP contribution < -0.4 is 0 Å². The molecule has 7 heteroatoms. The van der Waals surface area contributed by atoms with Gasteiger partial charge < -0.3 is 29.2 Å². The van der Waals surface area contributed by atoms with Gasteiger partial charge in [0.2, 0.25) is 12.6 Å². The van der Waals surface area contributed by atoms with Crippen LogP contribution in [-0.4, -0.2) is 55.4 Å². The molecule has 2 saturated heterocycles. The van der Waals surface area contributed by atoms with Gasteiger partial charge in [0, 0.05) is 0 Å². The number of rotatable bonds is 6. The monoisotopic (exact) mass is 290 g/mol. The number of hydrogen-bond donors (Lipinski definition) is 2. The van der Waals surface area contributed by atoms with Crippen molar-refractivity contribution in [2.24, 2.45) is 10.8 Å². The number of hydrogen-bond acceptors (Lipinski definition) is 7. The van der Waals surface area contributed by atoms with Crippen molar-refractivity contribution in [2.75, 3.05) is 26.4 Å². The summed E-state index contributed by atoms with van der Waals surface area (Å²) < 4.78 is 20.5. The van der Waals surface area contributed by atoms with E-state index in [-0.39, 0.29) is 13.2 Å². The lowest BCUT2D eigenvalue weighted by Crippen LogP contribution is -2.58. The Balaban J connectivity index is 1.85.